The zero-order valence-corrected chi connectivity index (χ0v) is 13.3. The topological polar surface area (TPSA) is 50.5 Å². The summed E-state index contributed by atoms with van der Waals surface area (Å²) in [6.07, 6.45) is 6.57. The van der Waals surface area contributed by atoms with Crippen LogP contribution in [0.3, 0.4) is 0 Å². The van der Waals surface area contributed by atoms with Gasteiger partial charge in [0.15, 0.2) is 0 Å². The minimum Gasteiger partial charge on any atom is -0.492 e. The number of imidazole rings is 1. The number of benzene rings is 1. The van der Waals surface area contributed by atoms with E-state index >= 15 is 0 Å². The summed E-state index contributed by atoms with van der Waals surface area (Å²) in [6, 6.07) is 7.34. The minimum absolute atomic E-state index is 0.159. The maximum atomic E-state index is 9.15. The summed E-state index contributed by atoms with van der Waals surface area (Å²) in [5.74, 6) is 0.812. The predicted octanol–water partition coefficient (Wildman–Crippen LogP) is 2.30. The number of rotatable bonds is 10. The van der Waals surface area contributed by atoms with Gasteiger partial charge in [0.05, 0.1) is 12.9 Å². The van der Waals surface area contributed by atoms with Crippen molar-refractivity contribution in [2.75, 3.05) is 32.8 Å². The summed E-state index contributed by atoms with van der Waals surface area (Å²) in [4.78, 5) is 6.23. The molecule has 6 heteroatoms. The van der Waals surface area contributed by atoms with Crippen LogP contribution in [0.4, 0.5) is 0 Å². The van der Waals surface area contributed by atoms with E-state index in [1.807, 2.05) is 36.8 Å². The Morgan fingerprint density at radius 3 is 2.68 bits per heavy atom. The number of hydrogen-bond donors (Lipinski definition) is 1. The van der Waals surface area contributed by atoms with Crippen molar-refractivity contribution in [2.45, 2.75) is 13.0 Å². The van der Waals surface area contributed by atoms with Gasteiger partial charge < -0.3 is 14.4 Å². The van der Waals surface area contributed by atoms with Crippen molar-refractivity contribution in [3.05, 3.63) is 48.0 Å². The van der Waals surface area contributed by atoms with E-state index in [1.54, 1.807) is 6.20 Å². The summed E-state index contributed by atoms with van der Waals surface area (Å²) in [6.45, 7) is 4.04. The van der Waals surface area contributed by atoms with E-state index in [9.17, 15) is 0 Å². The molecule has 1 aromatic heterocycles. The van der Waals surface area contributed by atoms with Gasteiger partial charge in [-0.3, -0.25) is 4.90 Å². The van der Waals surface area contributed by atoms with Crippen LogP contribution in [0.2, 0.25) is 5.02 Å². The fourth-order valence-electron chi connectivity index (χ4n) is 2.20. The van der Waals surface area contributed by atoms with Crippen LogP contribution < -0.4 is 4.74 Å². The third-order valence-corrected chi connectivity index (χ3v) is 3.61. The van der Waals surface area contributed by atoms with Crippen molar-refractivity contribution in [1.29, 1.82) is 0 Å². The van der Waals surface area contributed by atoms with Crippen LogP contribution in [0.25, 0.3) is 0 Å². The molecule has 0 saturated heterocycles. The smallest absolute Gasteiger partial charge is 0.119 e. The van der Waals surface area contributed by atoms with Crippen LogP contribution in [0, 0.1) is 0 Å². The Morgan fingerprint density at radius 1 is 1.18 bits per heavy atom. The molecule has 0 aliphatic carbocycles. The van der Waals surface area contributed by atoms with Gasteiger partial charge >= 0.3 is 0 Å². The van der Waals surface area contributed by atoms with Crippen LogP contribution >= 0.6 is 11.6 Å². The van der Waals surface area contributed by atoms with Gasteiger partial charge in [-0.25, -0.2) is 4.98 Å². The van der Waals surface area contributed by atoms with Crippen LogP contribution in [-0.4, -0.2) is 52.4 Å². The highest BCUT2D eigenvalue weighted by Gasteiger charge is 2.05. The van der Waals surface area contributed by atoms with Gasteiger partial charge in [-0.15, -0.1) is 0 Å². The Balaban J connectivity index is 1.67. The van der Waals surface area contributed by atoms with Crippen LogP contribution in [-0.2, 0) is 6.54 Å². The summed E-state index contributed by atoms with van der Waals surface area (Å²) in [5, 5.41) is 9.86. The van der Waals surface area contributed by atoms with E-state index in [4.69, 9.17) is 21.4 Å². The third kappa shape index (κ3) is 6.05. The number of nitrogens with zero attached hydrogens (tertiary/aromatic N) is 3. The molecule has 1 aromatic carbocycles. The Bertz CT molecular complexity index is 517. The second-order valence-electron chi connectivity index (χ2n) is 5.02. The lowest BCUT2D eigenvalue weighted by Crippen LogP contribution is -2.32. The second kappa shape index (κ2) is 9.46. The highest BCUT2D eigenvalue weighted by molar-refractivity contribution is 6.30. The number of aliphatic hydroxyl groups excluding tert-OH is 1. The van der Waals surface area contributed by atoms with E-state index in [2.05, 4.69) is 14.5 Å². The van der Waals surface area contributed by atoms with E-state index in [0.29, 0.717) is 18.2 Å². The SMILES string of the molecule is OCCN(CCCn1ccnc1)CCOc1ccc(Cl)cc1. The van der Waals surface area contributed by atoms with Gasteiger partial charge in [-0.2, -0.15) is 0 Å². The molecule has 2 rings (SSSR count). The fourth-order valence-corrected chi connectivity index (χ4v) is 2.32. The Morgan fingerprint density at radius 2 is 2.00 bits per heavy atom. The Labute approximate surface area is 136 Å². The lowest BCUT2D eigenvalue weighted by molar-refractivity contribution is 0.165. The van der Waals surface area contributed by atoms with Crippen molar-refractivity contribution in [1.82, 2.24) is 14.5 Å². The van der Waals surface area contributed by atoms with Crippen molar-refractivity contribution >= 4 is 11.6 Å². The normalized spacial score (nSPS) is 11.0. The zero-order valence-electron chi connectivity index (χ0n) is 12.6. The monoisotopic (exact) mass is 323 g/mol. The molecule has 0 radical (unpaired) electrons. The molecular formula is C16H22ClN3O2. The third-order valence-electron chi connectivity index (χ3n) is 3.36. The number of halogens is 1. The molecule has 1 N–H and O–H groups in total. The average molecular weight is 324 g/mol. The molecule has 0 spiro atoms. The highest BCUT2D eigenvalue weighted by atomic mass is 35.5. The maximum Gasteiger partial charge on any atom is 0.119 e. The first kappa shape index (κ1) is 16.8. The lowest BCUT2D eigenvalue weighted by Gasteiger charge is -2.21. The standard InChI is InChI=1S/C16H22ClN3O2/c17-15-2-4-16(5-3-15)22-13-11-19(10-12-21)7-1-8-20-9-6-18-14-20/h2-6,9,14,21H,1,7-8,10-13H2. The number of aryl methyl sites for hydroxylation is 1. The molecule has 0 amide bonds. The average Bonchev–Trinajstić information content (AvgIpc) is 3.02. The van der Waals surface area contributed by atoms with Gasteiger partial charge in [0.1, 0.15) is 12.4 Å². The van der Waals surface area contributed by atoms with Crippen LogP contribution in [0.1, 0.15) is 6.42 Å². The molecule has 5 nitrogen and oxygen atoms in total. The van der Waals surface area contributed by atoms with Crippen molar-refractivity contribution in [2.24, 2.45) is 0 Å². The first-order valence-electron chi connectivity index (χ1n) is 7.45. The van der Waals surface area contributed by atoms with Crippen LogP contribution in [0.15, 0.2) is 43.0 Å². The molecule has 0 saturated carbocycles. The molecule has 2 aromatic rings. The second-order valence-corrected chi connectivity index (χ2v) is 5.46. The van der Waals surface area contributed by atoms with Gasteiger partial charge in [0, 0.05) is 43.6 Å². The summed E-state index contributed by atoms with van der Waals surface area (Å²) >= 11 is 5.84. The Kier molecular flexibility index (Phi) is 7.22. The molecule has 22 heavy (non-hydrogen) atoms. The molecule has 0 aliphatic rings. The number of aliphatic hydroxyl groups is 1. The first-order chi connectivity index (χ1) is 10.8. The van der Waals surface area contributed by atoms with Crippen molar-refractivity contribution in [3.63, 3.8) is 0 Å². The quantitative estimate of drug-likeness (QED) is 0.729. The highest BCUT2D eigenvalue weighted by Crippen LogP contribution is 2.15. The first-order valence-corrected chi connectivity index (χ1v) is 7.83. The number of aromatic nitrogens is 2. The summed E-state index contributed by atoms with van der Waals surface area (Å²) < 4.78 is 7.75. The van der Waals surface area contributed by atoms with E-state index in [0.717, 1.165) is 31.8 Å². The van der Waals surface area contributed by atoms with E-state index in [1.165, 1.54) is 0 Å². The van der Waals surface area contributed by atoms with Gasteiger partial charge in [0.25, 0.3) is 0 Å². The molecule has 0 aliphatic heterocycles. The van der Waals surface area contributed by atoms with E-state index < -0.39 is 0 Å². The molecule has 0 atom stereocenters. The Hall–Kier alpha value is -1.56. The van der Waals surface area contributed by atoms with Gasteiger partial charge in [-0.1, -0.05) is 11.6 Å². The van der Waals surface area contributed by atoms with Gasteiger partial charge in [-0.05, 0) is 30.7 Å². The molecular weight excluding hydrogens is 302 g/mol. The molecule has 0 unspecified atom stereocenters. The number of ether oxygens (including phenoxy) is 1. The molecule has 120 valence electrons. The molecule has 1 heterocycles. The predicted molar refractivity (Wildman–Crippen MR) is 87.3 cm³/mol. The zero-order chi connectivity index (χ0) is 15.6. The summed E-state index contributed by atoms with van der Waals surface area (Å²) in [5.41, 5.74) is 0. The molecule has 0 fully saturated rings. The number of hydrogen-bond acceptors (Lipinski definition) is 4. The fraction of sp³-hybridized carbons (Fsp3) is 0.438. The van der Waals surface area contributed by atoms with Crippen molar-refractivity contribution in [3.8, 4) is 5.75 Å². The lowest BCUT2D eigenvalue weighted by atomic mass is 10.3. The largest absolute Gasteiger partial charge is 0.492 e. The van der Waals surface area contributed by atoms with Crippen molar-refractivity contribution < 1.29 is 9.84 Å². The van der Waals surface area contributed by atoms with E-state index in [-0.39, 0.29) is 6.61 Å². The van der Waals surface area contributed by atoms with Gasteiger partial charge in [0.2, 0.25) is 0 Å². The van der Waals surface area contributed by atoms with Crippen LogP contribution in [0.5, 0.6) is 5.75 Å². The summed E-state index contributed by atoms with van der Waals surface area (Å²) in [7, 11) is 0. The maximum absolute atomic E-state index is 9.15. The minimum atomic E-state index is 0.159. The molecule has 0 bridgehead atoms.